The van der Waals surface area contributed by atoms with Crippen molar-refractivity contribution in [1.82, 2.24) is 4.98 Å². The molecule has 2 rings (SSSR count). The van der Waals surface area contributed by atoms with Gasteiger partial charge in [0.15, 0.2) is 23.3 Å². The maximum atomic E-state index is 13.7. The molecule has 1 aromatic heterocycles. The second kappa shape index (κ2) is 6.13. The largest absolute Gasteiger partial charge is 0.368 e. The molecule has 0 aliphatic rings. The summed E-state index contributed by atoms with van der Waals surface area (Å²) in [7, 11) is 0. The van der Waals surface area contributed by atoms with Crippen molar-refractivity contribution in [2.75, 3.05) is 17.2 Å². The zero-order valence-corrected chi connectivity index (χ0v) is 12.1. The number of anilines is 3. The Bertz CT molecular complexity index is 634. The van der Waals surface area contributed by atoms with Crippen LogP contribution in [0.3, 0.4) is 0 Å². The molecule has 0 bridgehead atoms. The summed E-state index contributed by atoms with van der Waals surface area (Å²) in [4.78, 5) is 3.83. The van der Waals surface area contributed by atoms with Gasteiger partial charge in [0.05, 0.1) is 4.47 Å². The van der Waals surface area contributed by atoms with E-state index in [4.69, 9.17) is 0 Å². The lowest BCUT2D eigenvalue weighted by Gasteiger charge is -2.10. The Kier molecular flexibility index (Phi) is 4.49. The van der Waals surface area contributed by atoms with Gasteiger partial charge >= 0.3 is 0 Å². The van der Waals surface area contributed by atoms with Crippen LogP contribution in [0.1, 0.15) is 6.92 Å². The van der Waals surface area contributed by atoms with Crippen LogP contribution >= 0.6 is 15.9 Å². The molecule has 0 fully saturated rings. The highest BCUT2D eigenvalue weighted by Crippen LogP contribution is 2.25. The number of rotatable bonds is 4. The molecule has 0 saturated heterocycles. The average Bonchev–Trinajstić information content (AvgIpc) is 2.39. The first-order valence-corrected chi connectivity index (χ1v) is 6.62. The SMILES string of the molecule is CCNc1nc(Nc2ccc(F)c(Br)c2)c(F)cc1F. The third-order valence-electron chi connectivity index (χ3n) is 2.46. The maximum absolute atomic E-state index is 13.7. The van der Waals surface area contributed by atoms with Gasteiger partial charge in [-0.05, 0) is 41.1 Å². The van der Waals surface area contributed by atoms with Crippen molar-refractivity contribution in [3.05, 3.63) is 46.2 Å². The molecule has 0 aliphatic carbocycles. The number of pyridine rings is 1. The van der Waals surface area contributed by atoms with Crippen LogP contribution in [0.2, 0.25) is 0 Å². The molecule has 1 aromatic carbocycles. The lowest BCUT2D eigenvalue weighted by Crippen LogP contribution is -2.06. The maximum Gasteiger partial charge on any atom is 0.169 e. The zero-order chi connectivity index (χ0) is 14.7. The standard InChI is InChI=1S/C13H11BrF3N3/c1-2-18-12-10(16)6-11(17)13(20-12)19-7-3-4-9(15)8(14)5-7/h3-6H,2H2,1H3,(H2,18,19,20). The van der Waals surface area contributed by atoms with Crippen LogP contribution in [-0.4, -0.2) is 11.5 Å². The van der Waals surface area contributed by atoms with E-state index < -0.39 is 17.5 Å². The smallest absolute Gasteiger partial charge is 0.169 e. The van der Waals surface area contributed by atoms with Gasteiger partial charge in [0.1, 0.15) is 5.82 Å². The van der Waals surface area contributed by atoms with Crippen molar-refractivity contribution in [2.24, 2.45) is 0 Å². The van der Waals surface area contributed by atoms with E-state index in [2.05, 4.69) is 31.5 Å². The summed E-state index contributed by atoms with van der Waals surface area (Å²) < 4.78 is 40.4. The molecule has 0 atom stereocenters. The van der Waals surface area contributed by atoms with Gasteiger partial charge in [0.25, 0.3) is 0 Å². The number of aromatic nitrogens is 1. The minimum absolute atomic E-state index is 0.0439. The molecule has 106 valence electrons. The molecule has 20 heavy (non-hydrogen) atoms. The fourth-order valence-corrected chi connectivity index (χ4v) is 1.94. The molecule has 0 spiro atoms. The van der Waals surface area contributed by atoms with E-state index in [1.807, 2.05) is 0 Å². The Labute approximate surface area is 122 Å². The molecule has 0 saturated carbocycles. The fourth-order valence-electron chi connectivity index (χ4n) is 1.56. The summed E-state index contributed by atoms with van der Waals surface area (Å²) >= 11 is 3.03. The molecule has 7 heteroatoms. The van der Waals surface area contributed by atoms with Gasteiger partial charge in [-0.25, -0.2) is 18.2 Å². The van der Waals surface area contributed by atoms with Gasteiger partial charge in [0, 0.05) is 18.3 Å². The van der Waals surface area contributed by atoms with Crippen LogP contribution in [0, 0.1) is 17.5 Å². The zero-order valence-electron chi connectivity index (χ0n) is 10.5. The number of nitrogens with zero attached hydrogens (tertiary/aromatic N) is 1. The number of hydrogen-bond acceptors (Lipinski definition) is 3. The van der Waals surface area contributed by atoms with E-state index in [1.54, 1.807) is 6.92 Å². The highest BCUT2D eigenvalue weighted by atomic mass is 79.9. The summed E-state index contributed by atoms with van der Waals surface area (Å²) in [6.07, 6.45) is 0. The predicted molar refractivity (Wildman–Crippen MR) is 75.7 cm³/mol. The first-order chi connectivity index (χ1) is 9.51. The number of halogens is 4. The van der Waals surface area contributed by atoms with E-state index in [1.165, 1.54) is 18.2 Å². The van der Waals surface area contributed by atoms with Crippen molar-refractivity contribution in [3.8, 4) is 0 Å². The van der Waals surface area contributed by atoms with Crippen molar-refractivity contribution in [3.63, 3.8) is 0 Å². The Morgan fingerprint density at radius 1 is 1.05 bits per heavy atom. The summed E-state index contributed by atoms with van der Waals surface area (Å²) in [5, 5.41) is 5.36. The Morgan fingerprint density at radius 2 is 1.75 bits per heavy atom. The van der Waals surface area contributed by atoms with Crippen molar-refractivity contribution in [1.29, 1.82) is 0 Å². The molecular formula is C13H11BrF3N3. The van der Waals surface area contributed by atoms with Crippen molar-refractivity contribution >= 4 is 33.3 Å². The van der Waals surface area contributed by atoms with E-state index in [0.29, 0.717) is 12.2 Å². The summed E-state index contributed by atoms with van der Waals surface area (Å²) in [5.74, 6) is -2.21. The normalized spacial score (nSPS) is 10.4. The first-order valence-electron chi connectivity index (χ1n) is 5.83. The second-order valence-corrected chi connectivity index (χ2v) is 4.79. The van der Waals surface area contributed by atoms with Gasteiger partial charge in [-0.3, -0.25) is 0 Å². The molecule has 2 N–H and O–H groups in total. The molecule has 0 radical (unpaired) electrons. The Morgan fingerprint density at radius 3 is 2.40 bits per heavy atom. The Hall–Kier alpha value is -1.76. The van der Waals surface area contributed by atoms with Crippen LogP contribution in [-0.2, 0) is 0 Å². The van der Waals surface area contributed by atoms with Gasteiger partial charge in [-0.2, -0.15) is 0 Å². The molecule has 0 aliphatic heterocycles. The molecule has 3 nitrogen and oxygen atoms in total. The number of benzene rings is 1. The monoisotopic (exact) mass is 345 g/mol. The first kappa shape index (κ1) is 14.6. The molecule has 2 aromatic rings. The minimum atomic E-state index is -0.829. The number of nitrogens with one attached hydrogen (secondary N) is 2. The van der Waals surface area contributed by atoms with Gasteiger partial charge in [-0.15, -0.1) is 0 Å². The molecule has 0 amide bonds. The van der Waals surface area contributed by atoms with E-state index in [0.717, 1.165) is 6.07 Å². The third-order valence-corrected chi connectivity index (χ3v) is 3.06. The van der Waals surface area contributed by atoms with Crippen molar-refractivity contribution < 1.29 is 13.2 Å². The topological polar surface area (TPSA) is 37.0 Å². The fraction of sp³-hybridized carbons (Fsp3) is 0.154. The third kappa shape index (κ3) is 3.22. The quantitative estimate of drug-likeness (QED) is 0.860. The summed E-state index contributed by atoms with van der Waals surface area (Å²) in [6, 6.07) is 4.83. The predicted octanol–water partition coefficient (Wildman–Crippen LogP) is 4.44. The van der Waals surface area contributed by atoms with Crippen LogP contribution < -0.4 is 10.6 Å². The van der Waals surface area contributed by atoms with Crippen LogP contribution in [0.15, 0.2) is 28.7 Å². The number of hydrogen-bond donors (Lipinski definition) is 2. The second-order valence-electron chi connectivity index (χ2n) is 3.93. The lowest BCUT2D eigenvalue weighted by molar-refractivity contribution is 0.579. The van der Waals surface area contributed by atoms with Crippen LogP contribution in [0.25, 0.3) is 0 Å². The molecule has 0 unspecified atom stereocenters. The van der Waals surface area contributed by atoms with Crippen LogP contribution in [0.4, 0.5) is 30.5 Å². The highest BCUT2D eigenvalue weighted by molar-refractivity contribution is 9.10. The van der Waals surface area contributed by atoms with Crippen LogP contribution in [0.5, 0.6) is 0 Å². The van der Waals surface area contributed by atoms with Gasteiger partial charge in [-0.1, -0.05) is 0 Å². The highest BCUT2D eigenvalue weighted by Gasteiger charge is 2.12. The van der Waals surface area contributed by atoms with Gasteiger partial charge < -0.3 is 10.6 Å². The molecular weight excluding hydrogens is 335 g/mol. The van der Waals surface area contributed by atoms with E-state index in [9.17, 15) is 13.2 Å². The Balaban J connectivity index is 2.32. The van der Waals surface area contributed by atoms with Gasteiger partial charge in [0.2, 0.25) is 0 Å². The minimum Gasteiger partial charge on any atom is -0.368 e. The summed E-state index contributed by atoms with van der Waals surface area (Å²) in [5.41, 5.74) is 0.429. The van der Waals surface area contributed by atoms with E-state index in [-0.39, 0.29) is 16.1 Å². The summed E-state index contributed by atoms with van der Waals surface area (Å²) in [6.45, 7) is 2.23. The lowest BCUT2D eigenvalue weighted by atomic mass is 10.3. The van der Waals surface area contributed by atoms with E-state index >= 15 is 0 Å². The van der Waals surface area contributed by atoms with Crippen molar-refractivity contribution in [2.45, 2.75) is 6.92 Å². The average molecular weight is 346 g/mol. The molecule has 1 heterocycles.